The number of nitro groups is 1. The van der Waals surface area contributed by atoms with E-state index in [1.165, 1.54) is 13.0 Å². The van der Waals surface area contributed by atoms with Gasteiger partial charge in [0.2, 0.25) is 5.70 Å². The summed E-state index contributed by atoms with van der Waals surface area (Å²) < 4.78 is 1.80. The van der Waals surface area contributed by atoms with Crippen molar-refractivity contribution in [3.8, 4) is 0 Å². The molecule has 2 aromatic heterocycles. The normalized spacial score (nSPS) is 11.9. The first kappa shape index (κ1) is 9.39. The summed E-state index contributed by atoms with van der Waals surface area (Å²) in [4.78, 5) is 14.2. The van der Waals surface area contributed by atoms with Gasteiger partial charge in [-0.1, -0.05) is 6.07 Å². The maximum atomic E-state index is 10.5. The lowest BCUT2D eigenvalue weighted by Gasteiger charge is -1.94. The molecule has 2 aromatic rings. The average molecular weight is 203 g/mol. The highest BCUT2D eigenvalue weighted by molar-refractivity contribution is 5.53. The van der Waals surface area contributed by atoms with Crippen LogP contribution in [-0.2, 0) is 0 Å². The van der Waals surface area contributed by atoms with E-state index in [0.29, 0.717) is 5.69 Å². The van der Waals surface area contributed by atoms with Crippen molar-refractivity contribution in [2.75, 3.05) is 0 Å². The molecule has 2 rings (SSSR count). The molecule has 0 saturated carbocycles. The Hall–Kier alpha value is -2.17. The zero-order valence-electron chi connectivity index (χ0n) is 8.12. The number of aromatic nitrogens is 2. The van der Waals surface area contributed by atoms with Crippen LogP contribution >= 0.6 is 0 Å². The summed E-state index contributed by atoms with van der Waals surface area (Å²) >= 11 is 0. The van der Waals surface area contributed by atoms with Crippen molar-refractivity contribution in [3.63, 3.8) is 0 Å². The number of allylic oxidation sites excluding steroid dienone is 1. The van der Waals surface area contributed by atoms with Gasteiger partial charge in [0.15, 0.2) is 0 Å². The molecule has 0 aliphatic carbocycles. The molecule has 0 unspecified atom stereocenters. The molecule has 76 valence electrons. The minimum atomic E-state index is -0.414. The van der Waals surface area contributed by atoms with Crippen molar-refractivity contribution in [2.24, 2.45) is 0 Å². The molecule has 0 bridgehead atoms. The molecule has 0 aliphatic rings. The fraction of sp³-hybridized carbons (Fsp3) is 0.100. The molecular formula is C10H9N3O2. The van der Waals surface area contributed by atoms with Crippen LogP contribution in [0.3, 0.4) is 0 Å². The van der Waals surface area contributed by atoms with Gasteiger partial charge in [-0.2, -0.15) is 0 Å². The Balaban J connectivity index is 2.54. The number of pyridine rings is 1. The maximum absolute atomic E-state index is 10.5. The summed E-state index contributed by atoms with van der Waals surface area (Å²) in [5, 5.41) is 10.5. The highest BCUT2D eigenvalue weighted by Gasteiger charge is 2.05. The Bertz CT molecular complexity index is 542. The van der Waals surface area contributed by atoms with Gasteiger partial charge in [0.25, 0.3) is 0 Å². The lowest BCUT2D eigenvalue weighted by Crippen LogP contribution is -1.94. The molecule has 5 heteroatoms. The minimum absolute atomic E-state index is 0.0978. The van der Waals surface area contributed by atoms with Crippen molar-refractivity contribution < 1.29 is 4.92 Å². The minimum Gasteiger partial charge on any atom is -0.300 e. The molecule has 0 spiro atoms. The number of hydrogen-bond acceptors (Lipinski definition) is 3. The second-order valence-corrected chi connectivity index (χ2v) is 3.15. The van der Waals surface area contributed by atoms with Crippen LogP contribution in [0.1, 0.15) is 12.6 Å². The third kappa shape index (κ3) is 1.71. The Kier molecular flexibility index (Phi) is 2.21. The van der Waals surface area contributed by atoms with Crippen molar-refractivity contribution in [3.05, 3.63) is 52.1 Å². The van der Waals surface area contributed by atoms with Crippen LogP contribution in [0.5, 0.6) is 0 Å². The Morgan fingerprint density at radius 2 is 2.40 bits per heavy atom. The van der Waals surface area contributed by atoms with Gasteiger partial charge in [-0.15, -0.1) is 0 Å². The number of rotatable bonds is 2. The quantitative estimate of drug-likeness (QED) is 0.553. The molecule has 0 aromatic carbocycles. The standard InChI is InChI=1S/C10H9N3O2/c1-8(13(14)15)6-9-7-11-10-4-2-3-5-12(9)10/h2-7H,1H3/b8-6+. The molecule has 0 atom stereocenters. The number of nitrogens with zero attached hydrogens (tertiary/aromatic N) is 3. The van der Waals surface area contributed by atoms with Crippen molar-refractivity contribution in [1.82, 2.24) is 9.38 Å². The lowest BCUT2D eigenvalue weighted by atomic mass is 10.3. The predicted octanol–water partition coefficient (Wildman–Crippen LogP) is 1.97. The largest absolute Gasteiger partial charge is 0.300 e. The van der Waals surface area contributed by atoms with Crippen molar-refractivity contribution in [2.45, 2.75) is 6.92 Å². The maximum Gasteiger partial charge on any atom is 0.245 e. The Morgan fingerprint density at radius 1 is 1.60 bits per heavy atom. The van der Waals surface area contributed by atoms with Crippen LogP contribution < -0.4 is 0 Å². The first-order chi connectivity index (χ1) is 7.18. The molecular weight excluding hydrogens is 194 g/mol. The highest BCUT2D eigenvalue weighted by Crippen LogP contribution is 2.10. The molecule has 0 fully saturated rings. The van der Waals surface area contributed by atoms with Gasteiger partial charge >= 0.3 is 0 Å². The van der Waals surface area contributed by atoms with Gasteiger partial charge in [-0.3, -0.25) is 10.1 Å². The zero-order valence-corrected chi connectivity index (χ0v) is 8.12. The van der Waals surface area contributed by atoms with Gasteiger partial charge in [-0.05, 0) is 12.1 Å². The van der Waals surface area contributed by atoms with Gasteiger partial charge in [0, 0.05) is 19.2 Å². The monoisotopic (exact) mass is 203 g/mol. The molecule has 2 heterocycles. The van der Waals surface area contributed by atoms with E-state index in [1.54, 1.807) is 10.6 Å². The van der Waals surface area contributed by atoms with E-state index in [2.05, 4.69) is 4.98 Å². The smallest absolute Gasteiger partial charge is 0.245 e. The van der Waals surface area contributed by atoms with Crippen molar-refractivity contribution >= 4 is 11.7 Å². The highest BCUT2D eigenvalue weighted by atomic mass is 16.6. The molecule has 5 nitrogen and oxygen atoms in total. The summed E-state index contributed by atoms with van der Waals surface area (Å²) in [5.74, 6) is 0. The van der Waals surface area contributed by atoms with Gasteiger partial charge in [0.05, 0.1) is 16.8 Å². The van der Waals surface area contributed by atoms with Gasteiger partial charge in [0.1, 0.15) is 5.65 Å². The molecule has 0 N–H and O–H groups in total. The topological polar surface area (TPSA) is 60.4 Å². The average Bonchev–Trinajstić information content (AvgIpc) is 2.62. The summed E-state index contributed by atoms with van der Waals surface area (Å²) in [6.07, 6.45) is 4.93. The molecule has 0 amide bonds. The first-order valence-electron chi connectivity index (χ1n) is 4.43. The molecule has 15 heavy (non-hydrogen) atoms. The van der Waals surface area contributed by atoms with E-state index in [-0.39, 0.29) is 5.70 Å². The van der Waals surface area contributed by atoms with Crippen LogP contribution in [0.4, 0.5) is 0 Å². The number of imidazole rings is 1. The molecule has 0 aliphatic heterocycles. The van der Waals surface area contributed by atoms with E-state index in [4.69, 9.17) is 0 Å². The van der Waals surface area contributed by atoms with Gasteiger partial charge in [-0.25, -0.2) is 4.98 Å². The van der Waals surface area contributed by atoms with Crippen LogP contribution in [0.2, 0.25) is 0 Å². The Morgan fingerprint density at radius 3 is 3.13 bits per heavy atom. The fourth-order valence-corrected chi connectivity index (χ4v) is 1.33. The second-order valence-electron chi connectivity index (χ2n) is 3.15. The Labute approximate surface area is 85.8 Å². The van der Waals surface area contributed by atoms with E-state index in [1.807, 2.05) is 24.4 Å². The molecule has 0 saturated heterocycles. The second kappa shape index (κ2) is 3.53. The van der Waals surface area contributed by atoms with E-state index in [0.717, 1.165) is 5.65 Å². The SMILES string of the molecule is C/C(=C\c1cnc2ccccn12)[N+](=O)[O-]. The summed E-state index contributed by atoms with van der Waals surface area (Å²) in [6, 6.07) is 5.57. The van der Waals surface area contributed by atoms with E-state index in [9.17, 15) is 10.1 Å². The fourth-order valence-electron chi connectivity index (χ4n) is 1.33. The number of fused-ring (bicyclic) bond motifs is 1. The summed E-state index contributed by atoms with van der Waals surface area (Å²) in [5.41, 5.74) is 1.58. The zero-order chi connectivity index (χ0) is 10.8. The van der Waals surface area contributed by atoms with E-state index < -0.39 is 4.92 Å². The first-order valence-corrected chi connectivity index (χ1v) is 4.43. The van der Waals surface area contributed by atoms with Crippen molar-refractivity contribution in [1.29, 1.82) is 0 Å². The van der Waals surface area contributed by atoms with Crippen LogP contribution in [-0.4, -0.2) is 14.3 Å². The predicted molar refractivity (Wildman–Crippen MR) is 55.8 cm³/mol. The number of hydrogen-bond donors (Lipinski definition) is 0. The molecule has 0 radical (unpaired) electrons. The van der Waals surface area contributed by atoms with Crippen LogP contribution in [0.25, 0.3) is 11.7 Å². The van der Waals surface area contributed by atoms with Gasteiger partial charge < -0.3 is 4.40 Å². The lowest BCUT2D eigenvalue weighted by molar-refractivity contribution is -0.422. The summed E-state index contributed by atoms with van der Waals surface area (Å²) in [6.45, 7) is 1.46. The van der Waals surface area contributed by atoms with E-state index >= 15 is 0 Å². The van der Waals surface area contributed by atoms with Crippen LogP contribution in [0, 0.1) is 10.1 Å². The van der Waals surface area contributed by atoms with Crippen LogP contribution in [0.15, 0.2) is 36.3 Å². The third-order valence-electron chi connectivity index (χ3n) is 2.09. The third-order valence-corrected chi connectivity index (χ3v) is 2.09. The summed E-state index contributed by atoms with van der Waals surface area (Å²) in [7, 11) is 0.